The Kier molecular flexibility index (Phi) is 6.27. The second-order valence-electron chi connectivity index (χ2n) is 5.13. The zero-order chi connectivity index (χ0) is 14.4. The van der Waals surface area contributed by atoms with Crippen molar-refractivity contribution < 1.29 is 18.9 Å². The lowest BCUT2D eigenvalue weighted by atomic mass is 10.1. The number of urea groups is 1. The molecule has 0 heterocycles. The van der Waals surface area contributed by atoms with E-state index in [-0.39, 0.29) is 24.5 Å². The maximum absolute atomic E-state index is 11.7. The molecule has 0 aromatic heterocycles. The average Bonchev–Trinajstić information content (AvgIpc) is 3.08. The number of rotatable bonds is 8. The third kappa shape index (κ3) is 7.15. The molecule has 0 aromatic rings. The van der Waals surface area contributed by atoms with Crippen LogP contribution in [0.25, 0.3) is 0 Å². The van der Waals surface area contributed by atoms with Gasteiger partial charge in [0.15, 0.2) is 0 Å². The van der Waals surface area contributed by atoms with E-state index in [4.69, 9.17) is 5.11 Å². The summed E-state index contributed by atoms with van der Waals surface area (Å²) in [7, 11) is -0.866. The normalized spacial score (nSPS) is 19.3. The van der Waals surface area contributed by atoms with Gasteiger partial charge in [-0.15, -0.1) is 0 Å². The van der Waals surface area contributed by atoms with Crippen molar-refractivity contribution in [2.45, 2.75) is 44.7 Å². The first-order chi connectivity index (χ1) is 8.88. The molecule has 3 unspecified atom stereocenters. The monoisotopic (exact) mass is 290 g/mol. The lowest BCUT2D eigenvalue weighted by Crippen LogP contribution is -2.47. The van der Waals surface area contributed by atoms with Gasteiger partial charge in [0.2, 0.25) is 0 Å². The molecule has 0 radical (unpaired) electrons. The molecule has 3 atom stereocenters. The summed E-state index contributed by atoms with van der Waals surface area (Å²) in [4.78, 5) is 22.4. The largest absolute Gasteiger partial charge is 0.481 e. The molecule has 1 aliphatic rings. The number of carbonyl (C=O) groups is 2. The van der Waals surface area contributed by atoms with Gasteiger partial charge >= 0.3 is 12.0 Å². The van der Waals surface area contributed by atoms with Gasteiger partial charge in [-0.05, 0) is 32.1 Å². The van der Waals surface area contributed by atoms with Gasteiger partial charge in [-0.2, -0.15) is 0 Å². The van der Waals surface area contributed by atoms with Crippen molar-refractivity contribution in [3.05, 3.63) is 0 Å². The lowest BCUT2D eigenvalue weighted by molar-refractivity contribution is -0.137. The van der Waals surface area contributed by atoms with Gasteiger partial charge in [0.25, 0.3) is 0 Å². The Morgan fingerprint density at radius 3 is 2.47 bits per heavy atom. The fourth-order valence-corrected chi connectivity index (χ4v) is 2.56. The van der Waals surface area contributed by atoms with Gasteiger partial charge in [-0.25, -0.2) is 4.79 Å². The van der Waals surface area contributed by atoms with Crippen LogP contribution in [0.2, 0.25) is 0 Å². The van der Waals surface area contributed by atoms with Gasteiger partial charge in [0.1, 0.15) is 0 Å². The van der Waals surface area contributed by atoms with E-state index >= 15 is 0 Å². The first kappa shape index (κ1) is 15.9. The molecule has 0 bridgehead atoms. The summed E-state index contributed by atoms with van der Waals surface area (Å²) < 4.78 is 10.9. The number of aliphatic carboxylic acids is 1. The van der Waals surface area contributed by atoms with E-state index in [9.17, 15) is 13.8 Å². The van der Waals surface area contributed by atoms with E-state index in [0.717, 1.165) is 12.8 Å². The summed E-state index contributed by atoms with van der Waals surface area (Å²) in [6, 6.07) is -0.703. The Morgan fingerprint density at radius 2 is 2.00 bits per heavy atom. The van der Waals surface area contributed by atoms with Gasteiger partial charge < -0.3 is 15.7 Å². The fourth-order valence-electron chi connectivity index (χ4n) is 1.87. The summed E-state index contributed by atoms with van der Waals surface area (Å²) in [5.41, 5.74) is 0. The minimum atomic E-state index is -0.897. The Balaban J connectivity index is 2.31. The molecule has 1 aliphatic carbocycles. The summed E-state index contributed by atoms with van der Waals surface area (Å²) in [5, 5.41) is 14.3. The molecule has 7 heteroatoms. The Hall–Kier alpha value is -1.11. The molecule has 1 rings (SSSR count). The molecule has 2 amide bonds. The molecule has 19 heavy (non-hydrogen) atoms. The van der Waals surface area contributed by atoms with E-state index in [1.54, 1.807) is 6.26 Å². The highest BCUT2D eigenvalue weighted by Crippen LogP contribution is 2.33. The zero-order valence-electron chi connectivity index (χ0n) is 11.3. The molecule has 0 aliphatic heterocycles. The molecule has 0 aromatic carbocycles. The van der Waals surface area contributed by atoms with Crippen LogP contribution < -0.4 is 10.6 Å². The van der Waals surface area contributed by atoms with E-state index < -0.39 is 16.8 Å². The number of amides is 2. The van der Waals surface area contributed by atoms with Crippen molar-refractivity contribution in [2.75, 3.05) is 12.0 Å². The SMILES string of the molecule is CC(CCS(C)=O)NC(=O)NC(CC(=O)O)C1CC1. The van der Waals surface area contributed by atoms with E-state index in [0.29, 0.717) is 18.1 Å². The van der Waals surface area contributed by atoms with Crippen molar-refractivity contribution in [1.82, 2.24) is 10.6 Å². The van der Waals surface area contributed by atoms with Crippen LogP contribution in [0.15, 0.2) is 0 Å². The van der Waals surface area contributed by atoms with Crippen LogP contribution in [-0.2, 0) is 15.6 Å². The van der Waals surface area contributed by atoms with Gasteiger partial charge in [-0.3, -0.25) is 9.00 Å². The van der Waals surface area contributed by atoms with Crippen molar-refractivity contribution >= 4 is 22.8 Å². The minimum Gasteiger partial charge on any atom is -0.481 e. The molecular formula is C12H22N2O4S. The Bertz CT molecular complexity index is 358. The van der Waals surface area contributed by atoms with Crippen molar-refractivity contribution in [3.63, 3.8) is 0 Å². The summed E-state index contributed by atoms with van der Waals surface area (Å²) >= 11 is 0. The van der Waals surface area contributed by atoms with E-state index in [1.807, 2.05) is 6.92 Å². The van der Waals surface area contributed by atoms with Crippen LogP contribution in [0.4, 0.5) is 4.79 Å². The van der Waals surface area contributed by atoms with Gasteiger partial charge in [-0.1, -0.05) is 0 Å². The van der Waals surface area contributed by atoms with Crippen molar-refractivity contribution in [1.29, 1.82) is 0 Å². The molecule has 0 saturated heterocycles. The Morgan fingerprint density at radius 1 is 1.37 bits per heavy atom. The van der Waals surface area contributed by atoms with Crippen LogP contribution in [0, 0.1) is 5.92 Å². The van der Waals surface area contributed by atoms with Crippen LogP contribution >= 0.6 is 0 Å². The molecule has 110 valence electrons. The van der Waals surface area contributed by atoms with Crippen molar-refractivity contribution in [3.8, 4) is 0 Å². The molecule has 3 N–H and O–H groups in total. The minimum absolute atomic E-state index is 0.0363. The highest BCUT2D eigenvalue weighted by atomic mass is 32.2. The van der Waals surface area contributed by atoms with Crippen LogP contribution in [0.5, 0.6) is 0 Å². The predicted molar refractivity (Wildman–Crippen MR) is 73.4 cm³/mol. The first-order valence-corrected chi connectivity index (χ1v) is 8.20. The molecule has 6 nitrogen and oxygen atoms in total. The summed E-state index contributed by atoms with van der Waals surface area (Å²) in [6.45, 7) is 1.84. The smallest absolute Gasteiger partial charge is 0.315 e. The third-order valence-electron chi connectivity index (χ3n) is 3.12. The maximum Gasteiger partial charge on any atom is 0.315 e. The Labute approximate surface area is 115 Å². The van der Waals surface area contributed by atoms with Gasteiger partial charge in [0, 0.05) is 34.9 Å². The molecule has 1 fully saturated rings. The standard InChI is InChI=1S/C12H22N2O4S/c1-8(5-6-19(2)18)13-12(17)14-10(7-11(15)16)9-3-4-9/h8-10H,3-7H2,1-2H3,(H,15,16)(H2,13,14,17). The third-order valence-corrected chi connectivity index (χ3v) is 3.93. The summed E-state index contributed by atoms with van der Waals surface area (Å²) in [5.74, 6) is -0.0604. The highest BCUT2D eigenvalue weighted by molar-refractivity contribution is 7.84. The predicted octanol–water partition coefficient (Wildman–Crippen LogP) is 0.696. The first-order valence-electron chi connectivity index (χ1n) is 6.47. The molecular weight excluding hydrogens is 268 g/mol. The maximum atomic E-state index is 11.7. The van der Waals surface area contributed by atoms with Crippen molar-refractivity contribution in [2.24, 2.45) is 5.92 Å². The second-order valence-corrected chi connectivity index (χ2v) is 6.68. The number of nitrogens with one attached hydrogen (secondary N) is 2. The number of carbonyl (C=O) groups excluding carboxylic acids is 1. The fraction of sp³-hybridized carbons (Fsp3) is 0.833. The topological polar surface area (TPSA) is 95.5 Å². The quantitative estimate of drug-likeness (QED) is 0.613. The number of carboxylic acid groups (broad SMARTS) is 1. The van der Waals surface area contributed by atoms with E-state index in [2.05, 4.69) is 10.6 Å². The molecule has 0 spiro atoms. The van der Waals surface area contributed by atoms with Gasteiger partial charge in [0.05, 0.1) is 6.42 Å². The summed E-state index contributed by atoms with van der Waals surface area (Å²) in [6.07, 6.45) is 4.18. The average molecular weight is 290 g/mol. The van der Waals surface area contributed by atoms with Crippen LogP contribution in [0.1, 0.15) is 32.6 Å². The van der Waals surface area contributed by atoms with Crippen LogP contribution in [0.3, 0.4) is 0 Å². The number of hydrogen-bond acceptors (Lipinski definition) is 3. The number of carboxylic acids is 1. The van der Waals surface area contributed by atoms with Crippen LogP contribution in [-0.4, -0.2) is 45.4 Å². The second kappa shape index (κ2) is 7.47. The molecule has 1 saturated carbocycles. The van der Waals surface area contributed by atoms with E-state index in [1.165, 1.54) is 0 Å². The zero-order valence-corrected chi connectivity index (χ0v) is 12.2. The lowest BCUT2D eigenvalue weighted by Gasteiger charge is -2.19. The number of hydrogen-bond donors (Lipinski definition) is 3. The highest BCUT2D eigenvalue weighted by Gasteiger charge is 2.33.